The first-order valence-corrected chi connectivity index (χ1v) is 11.6. The summed E-state index contributed by atoms with van der Waals surface area (Å²) in [6.07, 6.45) is 0. The van der Waals surface area contributed by atoms with E-state index in [0.717, 1.165) is 11.3 Å². The molecular formula is C26H30N4O6. The third kappa shape index (κ3) is 4.53. The minimum absolute atomic E-state index is 0.235. The largest absolute Gasteiger partial charge is 0.494 e. The zero-order chi connectivity index (χ0) is 25.8. The normalized spacial score (nSPS) is 14.6. The highest BCUT2D eigenvalue weighted by atomic mass is 16.5. The summed E-state index contributed by atoms with van der Waals surface area (Å²) in [4.78, 5) is 17.8. The molecule has 1 unspecified atom stereocenters. The summed E-state index contributed by atoms with van der Waals surface area (Å²) in [7, 11) is 4.63. The summed E-state index contributed by atoms with van der Waals surface area (Å²) in [5, 5.41) is 7.99. The maximum atomic E-state index is 13.1. The highest BCUT2D eigenvalue weighted by Crippen LogP contribution is 2.44. The van der Waals surface area contributed by atoms with E-state index in [4.69, 9.17) is 33.8 Å². The summed E-state index contributed by atoms with van der Waals surface area (Å²) < 4.78 is 29.2. The zero-order valence-corrected chi connectivity index (χ0v) is 21.2. The number of aromatic nitrogens is 3. The summed E-state index contributed by atoms with van der Waals surface area (Å²) in [6, 6.07) is 10.5. The van der Waals surface area contributed by atoms with Crippen LogP contribution in [0.3, 0.4) is 0 Å². The Bertz CT molecular complexity index is 1260. The SMILES string of the molecule is CCOC(=O)C1=C(C)Nc2nc(-c3ccc(OCC)cc3)nn2C1c1cc(OC)c(OC)c(OC)c1. The molecule has 1 N–H and O–H groups in total. The first-order chi connectivity index (χ1) is 17.4. The summed E-state index contributed by atoms with van der Waals surface area (Å²) >= 11 is 0. The molecule has 0 spiro atoms. The fourth-order valence-electron chi connectivity index (χ4n) is 4.18. The Kier molecular flexibility index (Phi) is 7.33. The van der Waals surface area contributed by atoms with Crippen LogP contribution in [0.4, 0.5) is 5.95 Å². The van der Waals surface area contributed by atoms with Crippen molar-refractivity contribution in [3.8, 4) is 34.4 Å². The number of carbonyl (C=O) groups excluding carboxylic acids is 1. The number of benzene rings is 2. The van der Waals surface area contributed by atoms with Gasteiger partial charge in [-0.25, -0.2) is 9.48 Å². The Morgan fingerprint density at radius 1 is 1.00 bits per heavy atom. The third-order valence-corrected chi connectivity index (χ3v) is 5.77. The third-order valence-electron chi connectivity index (χ3n) is 5.77. The second-order valence-corrected chi connectivity index (χ2v) is 7.91. The van der Waals surface area contributed by atoms with E-state index in [1.807, 2.05) is 38.1 Å². The van der Waals surface area contributed by atoms with E-state index >= 15 is 0 Å². The van der Waals surface area contributed by atoms with E-state index in [-0.39, 0.29) is 6.61 Å². The van der Waals surface area contributed by atoms with Gasteiger partial charge in [0.25, 0.3) is 0 Å². The van der Waals surface area contributed by atoms with E-state index < -0.39 is 12.0 Å². The van der Waals surface area contributed by atoms with Gasteiger partial charge in [0.05, 0.1) is 40.1 Å². The quantitative estimate of drug-likeness (QED) is 0.438. The molecule has 0 saturated carbocycles. The minimum Gasteiger partial charge on any atom is -0.494 e. The van der Waals surface area contributed by atoms with Crippen molar-refractivity contribution in [1.29, 1.82) is 0 Å². The van der Waals surface area contributed by atoms with Gasteiger partial charge in [-0.15, -0.1) is 5.10 Å². The lowest BCUT2D eigenvalue weighted by Crippen LogP contribution is -2.29. The van der Waals surface area contributed by atoms with Crippen LogP contribution >= 0.6 is 0 Å². The molecule has 1 aromatic heterocycles. The Labute approximate surface area is 209 Å². The van der Waals surface area contributed by atoms with Crippen molar-refractivity contribution in [3.63, 3.8) is 0 Å². The molecular weight excluding hydrogens is 464 g/mol. The number of anilines is 1. The van der Waals surface area contributed by atoms with E-state index in [1.165, 1.54) is 7.11 Å². The number of hydrogen-bond acceptors (Lipinski definition) is 9. The molecule has 0 fully saturated rings. The van der Waals surface area contributed by atoms with Crippen LogP contribution in [0.1, 0.15) is 32.4 Å². The number of fused-ring (bicyclic) bond motifs is 1. The lowest BCUT2D eigenvalue weighted by atomic mass is 9.95. The van der Waals surface area contributed by atoms with Crippen molar-refractivity contribution in [2.24, 2.45) is 0 Å². The number of hydrogen-bond donors (Lipinski definition) is 1. The molecule has 10 nitrogen and oxygen atoms in total. The maximum Gasteiger partial charge on any atom is 0.338 e. The fraction of sp³-hybridized carbons (Fsp3) is 0.346. The first kappa shape index (κ1) is 24.9. The molecule has 0 radical (unpaired) electrons. The van der Waals surface area contributed by atoms with Gasteiger partial charge in [-0.1, -0.05) is 0 Å². The van der Waals surface area contributed by atoms with Gasteiger partial charge in [0.2, 0.25) is 11.7 Å². The first-order valence-electron chi connectivity index (χ1n) is 11.6. The van der Waals surface area contributed by atoms with E-state index in [1.54, 1.807) is 38.0 Å². The predicted octanol–water partition coefficient (Wildman–Crippen LogP) is 4.22. The number of nitrogens with one attached hydrogen (secondary N) is 1. The number of nitrogens with zero attached hydrogens (tertiary/aromatic N) is 3. The molecule has 3 aromatic rings. The highest BCUT2D eigenvalue weighted by molar-refractivity contribution is 5.92. The molecule has 190 valence electrons. The predicted molar refractivity (Wildman–Crippen MR) is 134 cm³/mol. The molecule has 0 aliphatic carbocycles. The van der Waals surface area contributed by atoms with Gasteiger partial charge in [0.1, 0.15) is 11.8 Å². The molecule has 0 bridgehead atoms. The number of ether oxygens (including phenoxy) is 5. The van der Waals surface area contributed by atoms with E-state index in [9.17, 15) is 4.79 Å². The topological polar surface area (TPSA) is 106 Å². The molecule has 1 atom stereocenters. The second-order valence-electron chi connectivity index (χ2n) is 7.91. The van der Waals surface area contributed by atoms with Crippen LogP contribution in [0.15, 0.2) is 47.7 Å². The number of allylic oxidation sites excluding steroid dienone is 1. The van der Waals surface area contributed by atoms with Crippen LogP contribution in [0.5, 0.6) is 23.0 Å². The molecule has 10 heteroatoms. The monoisotopic (exact) mass is 494 g/mol. The molecule has 2 heterocycles. The van der Waals surface area contributed by atoms with Crippen molar-refractivity contribution in [2.75, 3.05) is 39.9 Å². The van der Waals surface area contributed by atoms with Crippen LogP contribution in [0, 0.1) is 0 Å². The van der Waals surface area contributed by atoms with Gasteiger partial charge < -0.3 is 29.0 Å². The summed E-state index contributed by atoms with van der Waals surface area (Å²) in [5.74, 6) is 2.66. The van der Waals surface area contributed by atoms with Gasteiger partial charge >= 0.3 is 5.97 Å². The molecule has 4 rings (SSSR count). The maximum absolute atomic E-state index is 13.1. The lowest BCUT2D eigenvalue weighted by Gasteiger charge is -2.28. The Morgan fingerprint density at radius 2 is 1.67 bits per heavy atom. The Balaban J connectivity index is 1.87. The van der Waals surface area contributed by atoms with Gasteiger partial charge in [0.15, 0.2) is 17.3 Å². The average molecular weight is 495 g/mol. The van der Waals surface area contributed by atoms with Crippen LogP contribution in [0.25, 0.3) is 11.4 Å². The summed E-state index contributed by atoms with van der Waals surface area (Å²) in [5.41, 5.74) is 2.52. The smallest absolute Gasteiger partial charge is 0.338 e. The Hall–Kier alpha value is -4.21. The van der Waals surface area contributed by atoms with Gasteiger partial charge in [-0.2, -0.15) is 4.98 Å². The molecule has 2 aromatic carbocycles. The second kappa shape index (κ2) is 10.6. The van der Waals surface area contributed by atoms with E-state index in [2.05, 4.69) is 5.32 Å². The molecule has 0 amide bonds. The van der Waals surface area contributed by atoms with Crippen molar-refractivity contribution < 1.29 is 28.5 Å². The van der Waals surface area contributed by atoms with Crippen molar-refractivity contribution in [2.45, 2.75) is 26.8 Å². The molecule has 1 aliphatic heterocycles. The van der Waals surface area contributed by atoms with Gasteiger partial charge in [-0.3, -0.25) is 0 Å². The van der Waals surface area contributed by atoms with Crippen LogP contribution < -0.4 is 24.3 Å². The van der Waals surface area contributed by atoms with Gasteiger partial charge in [-0.05, 0) is 62.7 Å². The minimum atomic E-state index is -0.655. The zero-order valence-electron chi connectivity index (χ0n) is 21.2. The van der Waals surface area contributed by atoms with E-state index in [0.29, 0.717) is 52.5 Å². The van der Waals surface area contributed by atoms with Gasteiger partial charge in [0, 0.05) is 11.3 Å². The van der Waals surface area contributed by atoms with Crippen molar-refractivity contribution in [3.05, 3.63) is 53.2 Å². The number of methoxy groups -OCH3 is 3. The van der Waals surface area contributed by atoms with Crippen LogP contribution in [0.2, 0.25) is 0 Å². The Morgan fingerprint density at radius 3 is 2.22 bits per heavy atom. The fourth-order valence-corrected chi connectivity index (χ4v) is 4.18. The molecule has 0 saturated heterocycles. The lowest BCUT2D eigenvalue weighted by molar-refractivity contribution is -0.139. The standard InChI is InChI=1S/C26H30N4O6/c1-7-35-18-11-9-16(10-12-18)24-28-26-27-15(3)21(25(31)36-8-2)22(30(26)29-24)17-13-19(32-4)23(34-6)20(14-17)33-5/h9-14,22H,7-8H2,1-6H3,(H,27,28,29). The number of esters is 1. The van der Waals surface area contributed by atoms with Crippen molar-refractivity contribution in [1.82, 2.24) is 14.8 Å². The number of rotatable bonds is 9. The number of carbonyl (C=O) groups is 1. The highest BCUT2D eigenvalue weighted by Gasteiger charge is 2.36. The molecule has 1 aliphatic rings. The average Bonchev–Trinajstić information content (AvgIpc) is 3.31. The van der Waals surface area contributed by atoms with Crippen LogP contribution in [-0.2, 0) is 9.53 Å². The summed E-state index contributed by atoms with van der Waals surface area (Å²) in [6.45, 7) is 6.33. The van der Waals surface area contributed by atoms with Crippen molar-refractivity contribution >= 4 is 11.9 Å². The van der Waals surface area contributed by atoms with Crippen LogP contribution in [-0.4, -0.2) is 55.3 Å². The molecule has 36 heavy (non-hydrogen) atoms.